The number of carbonyl (C=O) groups excluding carboxylic acids is 1. The lowest BCUT2D eigenvalue weighted by Gasteiger charge is -2.15. The molecule has 23 heavy (non-hydrogen) atoms. The van der Waals surface area contributed by atoms with Crippen LogP contribution in [0.4, 0.5) is 0 Å². The molecule has 1 atom stereocenters. The molecule has 0 aliphatic heterocycles. The molecular weight excluding hydrogens is 351 g/mol. The van der Waals surface area contributed by atoms with E-state index in [1.165, 1.54) is 24.2 Å². The third-order valence-electron chi connectivity index (χ3n) is 3.99. The smallest absolute Gasteiger partial charge is 0.261 e. The molecule has 1 amide bonds. The summed E-state index contributed by atoms with van der Waals surface area (Å²) >= 11 is 7.56. The summed E-state index contributed by atoms with van der Waals surface area (Å²) < 4.78 is 0. The maximum atomic E-state index is 12.4. The Balaban J connectivity index is 0.00000192. The number of rotatable bonds is 5. The number of carbonyl (C=O) groups is 1. The van der Waals surface area contributed by atoms with Gasteiger partial charge in [-0.3, -0.25) is 4.79 Å². The molecule has 0 radical (unpaired) electrons. The van der Waals surface area contributed by atoms with Gasteiger partial charge in [-0.2, -0.15) is 0 Å². The summed E-state index contributed by atoms with van der Waals surface area (Å²) in [5.74, 6) is 0.533. The second-order valence-corrected chi connectivity index (χ2v) is 7.27. The molecule has 1 heterocycles. The molecule has 1 aliphatic rings. The lowest BCUT2D eigenvalue weighted by Crippen LogP contribution is -2.41. The Kier molecular flexibility index (Phi) is 6.09. The number of benzene rings is 1. The molecule has 0 saturated heterocycles. The van der Waals surface area contributed by atoms with Gasteiger partial charge >= 0.3 is 0 Å². The average Bonchev–Trinajstić information content (AvgIpc) is 3.26. The predicted molar refractivity (Wildman–Crippen MR) is 99.8 cm³/mol. The molecule has 1 saturated carbocycles. The van der Waals surface area contributed by atoms with E-state index in [9.17, 15) is 4.79 Å². The summed E-state index contributed by atoms with van der Waals surface area (Å²) in [6, 6.07) is 9.76. The van der Waals surface area contributed by atoms with Crippen LogP contribution in [0.2, 0.25) is 5.02 Å². The average molecular weight is 371 g/mol. The predicted octanol–water partition coefficient (Wildman–Crippen LogP) is 4.27. The largest absolute Gasteiger partial charge is 0.347 e. The first-order valence-electron chi connectivity index (χ1n) is 7.46. The van der Waals surface area contributed by atoms with Crippen molar-refractivity contribution in [3.8, 4) is 10.4 Å². The first-order valence-corrected chi connectivity index (χ1v) is 8.65. The van der Waals surface area contributed by atoms with Crippen LogP contribution in [-0.4, -0.2) is 18.5 Å². The van der Waals surface area contributed by atoms with Crippen LogP contribution in [0.3, 0.4) is 0 Å². The van der Waals surface area contributed by atoms with E-state index in [0.717, 1.165) is 20.9 Å². The normalized spacial score (nSPS) is 14.9. The highest BCUT2D eigenvalue weighted by Gasteiger charge is 2.31. The third kappa shape index (κ3) is 4.27. The standard InChI is InChI=1S/C17H19ClN2OS.ClH/c1-10-7-15(17(21)20-14(9-19)11-5-6-11)22-16(10)12-3-2-4-13(18)8-12;/h2-4,7-8,11,14H,5-6,9,19H2,1H3,(H,20,21);1H. The highest BCUT2D eigenvalue weighted by molar-refractivity contribution is 7.17. The lowest BCUT2D eigenvalue weighted by atomic mass is 10.1. The van der Waals surface area contributed by atoms with Gasteiger partial charge in [0.25, 0.3) is 5.91 Å². The van der Waals surface area contributed by atoms with Gasteiger partial charge in [0.1, 0.15) is 0 Å². The van der Waals surface area contributed by atoms with Crippen LogP contribution in [0.5, 0.6) is 0 Å². The Labute approximate surface area is 151 Å². The summed E-state index contributed by atoms with van der Waals surface area (Å²) in [6.45, 7) is 2.52. The summed E-state index contributed by atoms with van der Waals surface area (Å²) in [6.07, 6.45) is 2.33. The van der Waals surface area contributed by atoms with E-state index < -0.39 is 0 Å². The number of aryl methyl sites for hydroxylation is 1. The van der Waals surface area contributed by atoms with E-state index in [1.54, 1.807) is 0 Å². The molecule has 0 bridgehead atoms. The fraction of sp³-hybridized carbons (Fsp3) is 0.353. The van der Waals surface area contributed by atoms with Crippen molar-refractivity contribution in [3.63, 3.8) is 0 Å². The number of halogens is 2. The van der Waals surface area contributed by atoms with Crippen LogP contribution in [0.25, 0.3) is 10.4 Å². The van der Waals surface area contributed by atoms with Gasteiger partial charge in [-0.15, -0.1) is 23.7 Å². The molecule has 1 unspecified atom stereocenters. The number of nitrogens with one attached hydrogen (secondary N) is 1. The Morgan fingerprint density at radius 3 is 2.78 bits per heavy atom. The summed E-state index contributed by atoms with van der Waals surface area (Å²) in [5, 5.41) is 3.77. The van der Waals surface area contributed by atoms with Gasteiger partial charge in [-0.05, 0) is 55.0 Å². The first-order chi connectivity index (χ1) is 10.6. The van der Waals surface area contributed by atoms with Gasteiger partial charge in [0.2, 0.25) is 0 Å². The van der Waals surface area contributed by atoms with Gasteiger partial charge in [-0.1, -0.05) is 23.7 Å². The SMILES string of the molecule is Cc1cc(C(=O)NC(CN)C2CC2)sc1-c1cccc(Cl)c1.Cl. The second kappa shape index (κ2) is 7.67. The van der Waals surface area contributed by atoms with Gasteiger partial charge in [0.05, 0.1) is 4.88 Å². The Bertz CT molecular complexity index is 698. The molecule has 2 aromatic rings. The third-order valence-corrected chi connectivity index (χ3v) is 5.51. The van der Waals surface area contributed by atoms with Crippen molar-refractivity contribution >= 4 is 41.3 Å². The van der Waals surface area contributed by atoms with E-state index in [2.05, 4.69) is 5.32 Å². The Morgan fingerprint density at radius 2 is 2.17 bits per heavy atom. The second-order valence-electron chi connectivity index (χ2n) is 5.79. The van der Waals surface area contributed by atoms with Crippen LogP contribution in [0.15, 0.2) is 30.3 Å². The number of thiophene rings is 1. The molecule has 1 fully saturated rings. The van der Waals surface area contributed by atoms with Crippen molar-refractivity contribution < 1.29 is 4.79 Å². The molecule has 0 spiro atoms. The maximum absolute atomic E-state index is 12.4. The number of hydrogen-bond donors (Lipinski definition) is 2. The van der Waals surface area contributed by atoms with E-state index in [0.29, 0.717) is 17.5 Å². The molecule has 1 aliphatic carbocycles. The fourth-order valence-corrected chi connectivity index (χ4v) is 3.88. The van der Waals surface area contributed by atoms with Crippen LogP contribution < -0.4 is 11.1 Å². The van der Waals surface area contributed by atoms with Crippen LogP contribution in [-0.2, 0) is 0 Å². The van der Waals surface area contributed by atoms with Gasteiger partial charge in [0.15, 0.2) is 0 Å². The number of amides is 1. The van der Waals surface area contributed by atoms with Crippen molar-refractivity contribution in [1.29, 1.82) is 0 Å². The molecular formula is C17H20Cl2N2OS. The van der Waals surface area contributed by atoms with Gasteiger partial charge in [-0.25, -0.2) is 0 Å². The molecule has 3 rings (SSSR count). The molecule has 1 aromatic heterocycles. The van der Waals surface area contributed by atoms with Crippen molar-refractivity contribution in [3.05, 3.63) is 45.8 Å². The minimum Gasteiger partial charge on any atom is -0.347 e. The van der Waals surface area contributed by atoms with Crippen molar-refractivity contribution in [2.45, 2.75) is 25.8 Å². The highest BCUT2D eigenvalue weighted by Crippen LogP contribution is 2.35. The molecule has 3 N–H and O–H groups in total. The monoisotopic (exact) mass is 370 g/mol. The van der Waals surface area contributed by atoms with Crippen LogP contribution >= 0.6 is 35.3 Å². The quantitative estimate of drug-likeness (QED) is 0.825. The Morgan fingerprint density at radius 1 is 1.43 bits per heavy atom. The molecule has 124 valence electrons. The molecule has 3 nitrogen and oxygen atoms in total. The van der Waals surface area contributed by atoms with Crippen LogP contribution in [0.1, 0.15) is 28.1 Å². The minimum absolute atomic E-state index is 0. The zero-order valence-corrected chi connectivity index (χ0v) is 15.2. The topological polar surface area (TPSA) is 55.1 Å². The number of nitrogens with two attached hydrogens (primary N) is 1. The number of hydrogen-bond acceptors (Lipinski definition) is 3. The zero-order valence-electron chi connectivity index (χ0n) is 12.8. The fourth-order valence-electron chi connectivity index (χ4n) is 2.62. The van der Waals surface area contributed by atoms with Crippen molar-refractivity contribution in [1.82, 2.24) is 5.32 Å². The molecule has 6 heteroatoms. The summed E-state index contributed by atoms with van der Waals surface area (Å²) in [7, 11) is 0. The summed E-state index contributed by atoms with van der Waals surface area (Å²) in [5.41, 5.74) is 7.90. The van der Waals surface area contributed by atoms with Crippen molar-refractivity contribution in [2.75, 3.05) is 6.54 Å². The van der Waals surface area contributed by atoms with E-state index in [-0.39, 0.29) is 24.4 Å². The Hall–Kier alpha value is -1.07. The van der Waals surface area contributed by atoms with Crippen LogP contribution in [0, 0.1) is 12.8 Å². The zero-order chi connectivity index (χ0) is 15.7. The maximum Gasteiger partial charge on any atom is 0.261 e. The lowest BCUT2D eigenvalue weighted by molar-refractivity contribution is 0.0937. The highest BCUT2D eigenvalue weighted by atomic mass is 35.5. The first kappa shape index (κ1) is 18.3. The van der Waals surface area contributed by atoms with Gasteiger partial charge in [0, 0.05) is 22.5 Å². The van der Waals surface area contributed by atoms with E-state index in [1.807, 2.05) is 37.3 Å². The van der Waals surface area contributed by atoms with E-state index >= 15 is 0 Å². The van der Waals surface area contributed by atoms with Crippen molar-refractivity contribution in [2.24, 2.45) is 11.7 Å². The van der Waals surface area contributed by atoms with E-state index in [4.69, 9.17) is 17.3 Å². The minimum atomic E-state index is -0.0243. The summed E-state index contributed by atoms with van der Waals surface area (Å²) in [4.78, 5) is 14.2. The molecule has 1 aromatic carbocycles. The van der Waals surface area contributed by atoms with Gasteiger partial charge < -0.3 is 11.1 Å².